The predicted molar refractivity (Wildman–Crippen MR) is 55.3 cm³/mol. The monoisotopic (exact) mass is 228 g/mol. The number of methoxy groups -OCH3 is 1. The van der Waals surface area contributed by atoms with E-state index in [1.54, 1.807) is 6.92 Å². The highest BCUT2D eigenvalue weighted by atomic mass is 16.5. The average molecular weight is 228 g/mol. The van der Waals surface area contributed by atoms with Crippen LogP contribution in [0.3, 0.4) is 0 Å². The third kappa shape index (κ3) is 5.32. The first-order chi connectivity index (χ1) is 7.67. The van der Waals surface area contributed by atoms with E-state index in [1.807, 2.05) is 6.07 Å². The number of ether oxygens (including phenoxy) is 2. The Morgan fingerprint density at radius 1 is 1.38 bits per heavy atom. The highest BCUT2D eigenvalue weighted by Crippen LogP contribution is 1.95. The molecule has 0 fully saturated rings. The van der Waals surface area contributed by atoms with Gasteiger partial charge in [0.15, 0.2) is 0 Å². The van der Waals surface area contributed by atoms with E-state index in [2.05, 4.69) is 4.74 Å². The molecule has 0 bridgehead atoms. The number of rotatable bonds is 6. The van der Waals surface area contributed by atoms with E-state index >= 15 is 0 Å². The molecule has 0 radical (unpaired) electrons. The Kier molecular flexibility index (Phi) is 7.81. The molecule has 16 heavy (non-hydrogen) atoms. The predicted octanol–water partition coefficient (Wildman–Crippen LogP) is -0.0618. The highest BCUT2D eigenvalue weighted by molar-refractivity contribution is 6.32. The third-order valence-corrected chi connectivity index (χ3v) is 1.80. The van der Waals surface area contributed by atoms with Crippen LogP contribution in [0, 0.1) is 11.3 Å². The Morgan fingerprint density at radius 3 is 2.56 bits per heavy atom. The number of esters is 1. The maximum absolute atomic E-state index is 11.5. The van der Waals surface area contributed by atoms with E-state index in [4.69, 9.17) is 10.00 Å². The number of amides is 1. The lowest BCUT2D eigenvalue weighted by Crippen LogP contribution is -2.40. The molecule has 0 aliphatic carbocycles. The lowest BCUT2D eigenvalue weighted by molar-refractivity contribution is -0.160. The van der Waals surface area contributed by atoms with Crippen LogP contribution in [0.5, 0.6) is 0 Å². The van der Waals surface area contributed by atoms with E-state index in [0.29, 0.717) is 6.61 Å². The molecule has 6 nitrogen and oxygen atoms in total. The number of hydrogen-bond acceptors (Lipinski definition) is 5. The SMILES string of the molecule is CCOC(=O)C(=O)N(CCC#N)CCOC. The van der Waals surface area contributed by atoms with Gasteiger partial charge in [0.1, 0.15) is 0 Å². The minimum absolute atomic E-state index is 0.154. The van der Waals surface area contributed by atoms with Gasteiger partial charge in [-0.1, -0.05) is 0 Å². The maximum Gasteiger partial charge on any atom is 0.397 e. The molecule has 6 heteroatoms. The molecule has 0 spiro atoms. The quantitative estimate of drug-likeness (QED) is 0.470. The van der Waals surface area contributed by atoms with Crippen LogP contribution in [0.15, 0.2) is 0 Å². The van der Waals surface area contributed by atoms with Crippen LogP contribution in [0.2, 0.25) is 0 Å². The number of carbonyl (C=O) groups is 2. The maximum atomic E-state index is 11.5. The summed E-state index contributed by atoms with van der Waals surface area (Å²) in [6, 6.07) is 1.91. The van der Waals surface area contributed by atoms with Crippen molar-refractivity contribution in [1.29, 1.82) is 5.26 Å². The second-order valence-electron chi connectivity index (χ2n) is 2.91. The van der Waals surface area contributed by atoms with Crippen molar-refractivity contribution in [2.24, 2.45) is 0 Å². The standard InChI is InChI=1S/C10H16N2O4/c1-3-16-10(14)9(13)12(6-4-5-11)7-8-15-2/h3-4,6-8H2,1-2H3. The summed E-state index contributed by atoms with van der Waals surface area (Å²) in [4.78, 5) is 24.0. The van der Waals surface area contributed by atoms with Crippen molar-refractivity contribution >= 4 is 11.9 Å². The second kappa shape index (κ2) is 8.68. The Hall–Kier alpha value is -1.61. The summed E-state index contributed by atoms with van der Waals surface area (Å²) in [5.41, 5.74) is 0. The zero-order chi connectivity index (χ0) is 12.4. The summed E-state index contributed by atoms with van der Waals surface area (Å²) in [6.07, 6.45) is 0.175. The van der Waals surface area contributed by atoms with Crippen molar-refractivity contribution in [3.63, 3.8) is 0 Å². The number of nitrogens with zero attached hydrogens (tertiary/aromatic N) is 2. The molecule has 0 unspecified atom stereocenters. The smallest absolute Gasteiger partial charge is 0.397 e. The summed E-state index contributed by atoms with van der Waals surface area (Å²) < 4.78 is 9.40. The fraction of sp³-hybridized carbons (Fsp3) is 0.700. The molecule has 0 saturated carbocycles. The van der Waals surface area contributed by atoms with Gasteiger partial charge >= 0.3 is 11.9 Å². The molecule has 0 aromatic heterocycles. The van der Waals surface area contributed by atoms with Crippen LogP contribution in [0.25, 0.3) is 0 Å². The van der Waals surface area contributed by atoms with Crippen molar-refractivity contribution in [1.82, 2.24) is 4.90 Å². The molecule has 0 aliphatic rings. The molecule has 0 atom stereocenters. The van der Waals surface area contributed by atoms with Gasteiger partial charge in [0, 0.05) is 20.2 Å². The zero-order valence-corrected chi connectivity index (χ0v) is 9.56. The first kappa shape index (κ1) is 14.4. The van der Waals surface area contributed by atoms with Gasteiger partial charge < -0.3 is 14.4 Å². The summed E-state index contributed by atoms with van der Waals surface area (Å²) >= 11 is 0. The number of nitriles is 1. The number of hydrogen-bond donors (Lipinski definition) is 0. The zero-order valence-electron chi connectivity index (χ0n) is 9.56. The fourth-order valence-electron chi connectivity index (χ4n) is 1.02. The van der Waals surface area contributed by atoms with Gasteiger partial charge in [-0.2, -0.15) is 5.26 Å². The summed E-state index contributed by atoms with van der Waals surface area (Å²) in [7, 11) is 1.50. The van der Waals surface area contributed by atoms with E-state index in [0.717, 1.165) is 0 Å². The van der Waals surface area contributed by atoms with Gasteiger partial charge in [-0.25, -0.2) is 4.79 Å². The molecule has 0 saturated heterocycles. The van der Waals surface area contributed by atoms with Gasteiger partial charge in [0.25, 0.3) is 0 Å². The van der Waals surface area contributed by atoms with Gasteiger partial charge in [-0.15, -0.1) is 0 Å². The third-order valence-electron chi connectivity index (χ3n) is 1.80. The molecule has 0 rings (SSSR count). The van der Waals surface area contributed by atoms with Crippen molar-refractivity contribution < 1.29 is 19.1 Å². The molecule has 0 aliphatic heterocycles. The molecule has 0 aromatic rings. The van der Waals surface area contributed by atoms with Gasteiger partial charge in [-0.05, 0) is 6.92 Å². The van der Waals surface area contributed by atoms with Crippen LogP contribution in [-0.2, 0) is 19.1 Å². The van der Waals surface area contributed by atoms with Crippen molar-refractivity contribution in [3.8, 4) is 6.07 Å². The van der Waals surface area contributed by atoms with E-state index in [-0.39, 0.29) is 26.1 Å². The molecular weight excluding hydrogens is 212 g/mol. The Balaban J connectivity index is 4.30. The summed E-state index contributed by atoms with van der Waals surface area (Å²) in [5.74, 6) is -1.62. The van der Waals surface area contributed by atoms with Crippen molar-refractivity contribution in [2.45, 2.75) is 13.3 Å². The van der Waals surface area contributed by atoms with Gasteiger partial charge in [-0.3, -0.25) is 4.79 Å². The van der Waals surface area contributed by atoms with Crippen LogP contribution in [0.1, 0.15) is 13.3 Å². The van der Waals surface area contributed by atoms with E-state index < -0.39 is 11.9 Å². The highest BCUT2D eigenvalue weighted by Gasteiger charge is 2.22. The molecule has 0 heterocycles. The summed E-state index contributed by atoms with van der Waals surface area (Å²) in [6.45, 7) is 2.57. The van der Waals surface area contributed by atoms with Crippen molar-refractivity contribution in [2.75, 3.05) is 33.4 Å². The van der Waals surface area contributed by atoms with Crippen molar-refractivity contribution in [3.05, 3.63) is 0 Å². The molecule has 0 N–H and O–H groups in total. The van der Waals surface area contributed by atoms with Crippen LogP contribution >= 0.6 is 0 Å². The van der Waals surface area contributed by atoms with Gasteiger partial charge in [0.2, 0.25) is 0 Å². The fourth-order valence-corrected chi connectivity index (χ4v) is 1.02. The lowest BCUT2D eigenvalue weighted by Gasteiger charge is -2.19. The first-order valence-corrected chi connectivity index (χ1v) is 4.99. The van der Waals surface area contributed by atoms with Gasteiger partial charge in [0.05, 0.1) is 25.7 Å². The Morgan fingerprint density at radius 2 is 2.06 bits per heavy atom. The van der Waals surface area contributed by atoms with Crippen LogP contribution < -0.4 is 0 Å². The second-order valence-corrected chi connectivity index (χ2v) is 2.91. The molecule has 1 amide bonds. The number of carbonyl (C=O) groups excluding carboxylic acids is 2. The normalized spacial score (nSPS) is 9.31. The minimum atomic E-state index is -0.892. The first-order valence-electron chi connectivity index (χ1n) is 4.99. The lowest BCUT2D eigenvalue weighted by atomic mass is 10.3. The topological polar surface area (TPSA) is 79.6 Å². The minimum Gasteiger partial charge on any atom is -0.459 e. The molecule has 90 valence electrons. The van der Waals surface area contributed by atoms with Crippen LogP contribution in [-0.4, -0.2) is 50.2 Å². The molecule has 0 aromatic carbocycles. The molecular formula is C10H16N2O4. The van der Waals surface area contributed by atoms with Crippen LogP contribution in [0.4, 0.5) is 0 Å². The summed E-state index contributed by atoms with van der Waals surface area (Å²) in [5, 5.41) is 8.43. The largest absolute Gasteiger partial charge is 0.459 e. The van der Waals surface area contributed by atoms with E-state index in [9.17, 15) is 9.59 Å². The van der Waals surface area contributed by atoms with E-state index in [1.165, 1.54) is 12.0 Å². The Labute approximate surface area is 94.7 Å². The average Bonchev–Trinajstić information content (AvgIpc) is 2.29. The Bertz CT molecular complexity index is 272.